The van der Waals surface area contributed by atoms with Gasteiger partial charge in [-0.2, -0.15) is 0 Å². The summed E-state index contributed by atoms with van der Waals surface area (Å²) in [6, 6.07) is 17.9. The van der Waals surface area contributed by atoms with Gasteiger partial charge in [-0.15, -0.1) is 15.3 Å². The quantitative estimate of drug-likeness (QED) is 0.371. The average Bonchev–Trinajstić information content (AvgIpc) is 3.31. The predicted molar refractivity (Wildman–Crippen MR) is 110 cm³/mol. The largest absolute Gasteiger partial charge is 0.420 e. The van der Waals surface area contributed by atoms with Crippen molar-refractivity contribution in [2.45, 2.75) is 29.7 Å². The van der Waals surface area contributed by atoms with Crippen molar-refractivity contribution in [2.75, 3.05) is 0 Å². The average molecular weight is 454 g/mol. The van der Waals surface area contributed by atoms with E-state index in [1.54, 1.807) is 0 Å². The Bertz CT molecular complexity index is 1110. The Hall–Kier alpha value is -2.45. The molecule has 5 rings (SSSR count). The third-order valence-corrected chi connectivity index (χ3v) is 5.97. The van der Waals surface area contributed by atoms with Gasteiger partial charge in [-0.3, -0.25) is 0 Å². The molecule has 1 aliphatic carbocycles. The van der Waals surface area contributed by atoms with Gasteiger partial charge < -0.3 is 4.42 Å². The zero-order valence-corrected chi connectivity index (χ0v) is 17.2. The number of nitrogens with zero attached hydrogens (tertiary/aromatic N) is 5. The van der Waals surface area contributed by atoms with Gasteiger partial charge in [0.05, 0.1) is 17.0 Å². The van der Waals surface area contributed by atoms with E-state index in [9.17, 15) is 0 Å². The molecule has 8 heteroatoms. The molecule has 6 nitrogen and oxygen atoms in total. The molecule has 0 N–H and O–H groups in total. The Morgan fingerprint density at radius 2 is 1.82 bits per heavy atom. The number of hydrogen-bond acceptors (Lipinski definition) is 6. The second-order valence-electron chi connectivity index (χ2n) is 6.54. The van der Waals surface area contributed by atoms with Crippen LogP contribution in [0.5, 0.6) is 0 Å². The molecule has 4 aromatic rings. The molecule has 1 fully saturated rings. The first-order valence-corrected chi connectivity index (χ1v) is 10.8. The summed E-state index contributed by atoms with van der Waals surface area (Å²) in [6.07, 6.45) is 2.35. The van der Waals surface area contributed by atoms with Gasteiger partial charge in [0.25, 0.3) is 0 Å². The molecule has 0 radical (unpaired) electrons. The third kappa shape index (κ3) is 3.62. The number of hydrogen-bond donors (Lipinski definition) is 0. The van der Waals surface area contributed by atoms with Crippen LogP contribution < -0.4 is 0 Å². The molecule has 0 atom stereocenters. The Kier molecular flexibility index (Phi) is 4.74. The maximum absolute atomic E-state index is 5.82. The lowest BCUT2D eigenvalue weighted by Gasteiger charge is -2.03. The van der Waals surface area contributed by atoms with Gasteiger partial charge >= 0.3 is 0 Å². The summed E-state index contributed by atoms with van der Waals surface area (Å²) in [7, 11) is 0. The molecule has 2 aromatic heterocycles. The topological polar surface area (TPSA) is 69.6 Å². The van der Waals surface area contributed by atoms with Crippen LogP contribution in [0.1, 0.15) is 30.5 Å². The Balaban J connectivity index is 1.34. The summed E-state index contributed by atoms with van der Waals surface area (Å²) in [5, 5.41) is 13.8. The molecule has 2 heterocycles. The van der Waals surface area contributed by atoms with Crippen molar-refractivity contribution in [3.63, 3.8) is 0 Å². The number of thioether (sulfide) groups is 1. The van der Waals surface area contributed by atoms with Crippen LogP contribution in [-0.4, -0.2) is 25.0 Å². The highest BCUT2D eigenvalue weighted by molar-refractivity contribution is 9.10. The summed E-state index contributed by atoms with van der Waals surface area (Å²) in [4.78, 5) is 4.76. The van der Waals surface area contributed by atoms with Crippen LogP contribution in [-0.2, 0) is 5.75 Å². The van der Waals surface area contributed by atoms with E-state index in [0.29, 0.717) is 23.5 Å². The minimum Gasteiger partial charge on any atom is -0.420 e. The lowest BCUT2D eigenvalue weighted by Crippen LogP contribution is -2.01. The van der Waals surface area contributed by atoms with Crippen molar-refractivity contribution < 1.29 is 4.42 Å². The molecule has 0 aliphatic heterocycles. The number of rotatable bonds is 6. The number of aromatic nitrogens is 5. The van der Waals surface area contributed by atoms with E-state index in [0.717, 1.165) is 26.7 Å². The Labute approximate surface area is 174 Å². The molecule has 0 amide bonds. The molecular formula is C20H16BrN5OS. The lowest BCUT2D eigenvalue weighted by molar-refractivity contribution is 0.528. The van der Waals surface area contributed by atoms with Crippen LogP contribution >= 0.6 is 27.7 Å². The van der Waals surface area contributed by atoms with Gasteiger partial charge in [0.15, 0.2) is 0 Å². The Morgan fingerprint density at radius 3 is 2.61 bits per heavy atom. The summed E-state index contributed by atoms with van der Waals surface area (Å²) >= 11 is 5.02. The highest BCUT2D eigenvalue weighted by Crippen LogP contribution is 2.40. The van der Waals surface area contributed by atoms with Gasteiger partial charge in [0.1, 0.15) is 5.82 Å². The standard InChI is InChI=1S/C20H16BrN5OS/c21-16-9-5-4-8-15(16)19-24-23-17(27-19)12-28-20-22-18(13-10-11-13)26(25-20)14-6-2-1-3-7-14/h1-9,13H,10-12H2. The van der Waals surface area contributed by atoms with Gasteiger partial charge in [-0.1, -0.05) is 42.1 Å². The molecule has 2 aromatic carbocycles. The predicted octanol–water partition coefficient (Wildman–Crippen LogP) is 5.25. The summed E-state index contributed by atoms with van der Waals surface area (Å²) < 4.78 is 8.70. The van der Waals surface area contributed by atoms with Gasteiger partial charge in [0, 0.05) is 10.4 Å². The van der Waals surface area contributed by atoms with E-state index >= 15 is 0 Å². The van der Waals surface area contributed by atoms with Crippen molar-refractivity contribution in [1.82, 2.24) is 25.0 Å². The number of para-hydroxylation sites is 1. The molecule has 1 saturated carbocycles. The minimum absolute atomic E-state index is 0.504. The fourth-order valence-electron chi connectivity index (χ4n) is 2.91. The molecule has 140 valence electrons. The van der Waals surface area contributed by atoms with E-state index in [1.807, 2.05) is 47.1 Å². The maximum Gasteiger partial charge on any atom is 0.248 e. The molecular weight excluding hydrogens is 438 g/mol. The molecule has 1 aliphatic rings. The first-order valence-electron chi connectivity index (χ1n) is 9.00. The fraction of sp³-hybridized carbons (Fsp3) is 0.200. The molecule has 0 bridgehead atoms. The van der Waals surface area contributed by atoms with Crippen molar-refractivity contribution in [3.8, 4) is 17.1 Å². The highest BCUT2D eigenvalue weighted by atomic mass is 79.9. The second kappa shape index (κ2) is 7.52. The van der Waals surface area contributed by atoms with Gasteiger partial charge in [-0.25, -0.2) is 9.67 Å². The third-order valence-electron chi connectivity index (χ3n) is 4.45. The fourth-order valence-corrected chi connectivity index (χ4v) is 4.03. The van der Waals surface area contributed by atoms with Crippen molar-refractivity contribution >= 4 is 27.7 Å². The van der Waals surface area contributed by atoms with Crippen LogP contribution in [0.4, 0.5) is 0 Å². The molecule has 28 heavy (non-hydrogen) atoms. The van der Waals surface area contributed by atoms with Crippen molar-refractivity contribution in [3.05, 3.63) is 70.8 Å². The summed E-state index contributed by atoms with van der Waals surface area (Å²) in [5.74, 6) is 3.13. The number of benzene rings is 2. The van der Waals surface area contributed by atoms with E-state index in [4.69, 9.17) is 14.5 Å². The zero-order chi connectivity index (χ0) is 18.9. The van der Waals surface area contributed by atoms with Crippen LogP contribution in [0, 0.1) is 0 Å². The molecule has 0 saturated heterocycles. The smallest absolute Gasteiger partial charge is 0.248 e. The first-order chi connectivity index (χ1) is 13.8. The SMILES string of the molecule is Brc1ccccc1-c1nnc(CSc2nc(C3CC3)n(-c3ccccc3)n2)o1. The van der Waals surface area contributed by atoms with E-state index in [-0.39, 0.29) is 0 Å². The highest BCUT2D eigenvalue weighted by Gasteiger charge is 2.30. The van der Waals surface area contributed by atoms with Crippen LogP contribution in [0.2, 0.25) is 0 Å². The van der Waals surface area contributed by atoms with Crippen molar-refractivity contribution in [2.24, 2.45) is 0 Å². The van der Waals surface area contributed by atoms with Gasteiger partial charge in [0.2, 0.25) is 16.9 Å². The van der Waals surface area contributed by atoms with Crippen LogP contribution in [0.25, 0.3) is 17.1 Å². The normalized spacial score (nSPS) is 13.8. The monoisotopic (exact) mass is 453 g/mol. The first kappa shape index (κ1) is 17.6. The Morgan fingerprint density at radius 1 is 1.04 bits per heavy atom. The molecule has 0 unspecified atom stereocenters. The number of halogens is 1. The second-order valence-corrected chi connectivity index (χ2v) is 8.34. The van der Waals surface area contributed by atoms with Gasteiger partial charge in [-0.05, 0) is 53.0 Å². The zero-order valence-electron chi connectivity index (χ0n) is 14.8. The van der Waals surface area contributed by atoms with Crippen molar-refractivity contribution in [1.29, 1.82) is 0 Å². The minimum atomic E-state index is 0.504. The van der Waals surface area contributed by atoms with Crippen LogP contribution in [0.3, 0.4) is 0 Å². The van der Waals surface area contributed by atoms with E-state index < -0.39 is 0 Å². The summed E-state index contributed by atoms with van der Waals surface area (Å²) in [6.45, 7) is 0. The van der Waals surface area contributed by atoms with E-state index in [2.05, 4.69) is 38.3 Å². The summed E-state index contributed by atoms with van der Waals surface area (Å²) in [5.41, 5.74) is 1.92. The lowest BCUT2D eigenvalue weighted by atomic mass is 10.2. The maximum atomic E-state index is 5.82. The van der Waals surface area contributed by atoms with E-state index in [1.165, 1.54) is 24.6 Å². The van der Waals surface area contributed by atoms with Crippen LogP contribution in [0.15, 0.2) is 68.6 Å². The molecule has 0 spiro atoms.